The Balaban J connectivity index is 1.09. The molecule has 2 saturated heterocycles. The molecule has 2 aliphatic rings. The standard InChI is InChI=1S/C21H27FN10O7P2/c22-11-2-15(32-9-30-17-19(24)26-7-28-21(17)32)39-13(11)4-36-40(33)5-10-1-14(38-12(10)3-37-41(34)35)31-8-29-16-18(23)25-6-27-20(16)31/h6-15,40-41H,1-5H2,(H,34,35)(H2,23,25,27)(H2,24,26,28)/t10-,11-,12-,13?,14-,15-/m1/s1. The summed E-state index contributed by atoms with van der Waals surface area (Å²) in [5, 5.41) is 0. The first-order valence-corrected chi connectivity index (χ1v) is 15.4. The van der Waals surface area contributed by atoms with Crippen LogP contribution in [0, 0.1) is 5.92 Å². The topological polar surface area (TPSA) is 231 Å². The van der Waals surface area contributed by atoms with Crippen LogP contribution in [-0.2, 0) is 27.7 Å². The first-order valence-electron chi connectivity index (χ1n) is 12.6. The third-order valence-electron chi connectivity index (χ3n) is 7.13. The maximum absolute atomic E-state index is 14.9. The van der Waals surface area contributed by atoms with Crippen LogP contribution < -0.4 is 11.5 Å². The maximum atomic E-state index is 14.9. The molecular weight excluding hydrogens is 585 g/mol. The van der Waals surface area contributed by atoms with Crippen LogP contribution in [-0.4, -0.2) is 81.7 Å². The molecule has 0 spiro atoms. The van der Waals surface area contributed by atoms with Gasteiger partial charge in [-0.1, -0.05) is 0 Å². The van der Waals surface area contributed by atoms with Crippen LogP contribution in [0.1, 0.15) is 25.3 Å². The summed E-state index contributed by atoms with van der Waals surface area (Å²) >= 11 is 0. The molecule has 6 rings (SSSR count). The molecule has 4 aromatic heterocycles. The fraction of sp³-hybridized carbons (Fsp3) is 0.524. The minimum absolute atomic E-state index is 0.0230. The van der Waals surface area contributed by atoms with E-state index in [1.165, 1.54) is 25.3 Å². The molecule has 0 amide bonds. The second kappa shape index (κ2) is 11.6. The molecule has 0 radical (unpaired) electrons. The number of nitrogen functional groups attached to an aromatic ring is 2. The smallest absolute Gasteiger partial charge is 0.316 e. The Morgan fingerprint density at radius 2 is 1.44 bits per heavy atom. The summed E-state index contributed by atoms with van der Waals surface area (Å²) in [4.78, 5) is 33.8. The second-order valence-electron chi connectivity index (χ2n) is 9.64. The summed E-state index contributed by atoms with van der Waals surface area (Å²) in [5.41, 5.74) is 13.4. The predicted molar refractivity (Wildman–Crippen MR) is 142 cm³/mol. The highest BCUT2D eigenvalue weighted by molar-refractivity contribution is 7.39. The van der Waals surface area contributed by atoms with E-state index in [0.717, 1.165) is 0 Å². The third kappa shape index (κ3) is 5.68. The van der Waals surface area contributed by atoms with Crippen LogP contribution in [0.15, 0.2) is 25.3 Å². The summed E-state index contributed by atoms with van der Waals surface area (Å²) in [6, 6.07) is 0. The van der Waals surface area contributed by atoms with Gasteiger partial charge in [-0.2, -0.15) is 0 Å². The van der Waals surface area contributed by atoms with Crippen molar-refractivity contribution in [3.63, 3.8) is 0 Å². The lowest BCUT2D eigenvalue weighted by molar-refractivity contribution is -0.0271. The van der Waals surface area contributed by atoms with Gasteiger partial charge < -0.3 is 34.9 Å². The Bertz CT molecular complexity index is 1610. The molecule has 41 heavy (non-hydrogen) atoms. The summed E-state index contributed by atoms with van der Waals surface area (Å²) in [6.45, 7) is -0.425. The van der Waals surface area contributed by atoms with Gasteiger partial charge in [-0.3, -0.25) is 18.3 Å². The van der Waals surface area contributed by atoms with Gasteiger partial charge in [0.2, 0.25) is 0 Å². The number of alkyl halides is 1. The van der Waals surface area contributed by atoms with E-state index in [-0.39, 0.29) is 43.4 Å². The van der Waals surface area contributed by atoms with Gasteiger partial charge in [0.05, 0.1) is 32.0 Å². The molecule has 0 bridgehead atoms. The van der Waals surface area contributed by atoms with Crippen LogP contribution >= 0.6 is 16.3 Å². The predicted octanol–water partition coefficient (Wildman–Crippen LogP) is 1.25. The zero-order valence-electron chi connectivity index (χ0n) is 21.3. The molecule has 17 nitrogen and oxygen atoms in total. The Labute approximate surface area is 232 Å². The van der Waals surface area contributed by atoms with Crippen LogP contribution in [0.4, 0.5) is 16.0 Å². The van der Waals surface area contributed by atoms with Crippen LogP contribution in [0.5, 0.6) is 0 Å². The van der Waals surface area contributed by atoms with Crippen LogP contribution in [0.3, 0.4) is 0 Å². The van der Waals surface area contributed by atoms with E-state index < -0.39 is 47.1 Å². The quantitative estimate of drug-likeness (QED) is 0.214. The molecule has 3 unspecified atom stereocenters. The highest BCUT2D eigenvalue weighted by atomic mass is 31.1. The van der Waals surface area contributed by atoms with Gasteiger partial charge in [-0.15, -0.1) is 0 Å². The van der Waals surface area contributed by atoms with Crippen molar-refractivity contribution in [2.45, 2.75) is 43.7 Å². The van der Waals surface area contributed by atoms with E-state index in [2.05, 4.69) is 29.9 Å². The molecule has 0 saturated carbocycles. The normalized spacial score (nSPS) is 28.0. The number of imidazole rings is 2. The number of hydrogen-bond donors (Lipinski definition) is 3. The zero-order chi connectivity index (χ0) is 28.7. The van der Waals surface area contributed by atoms with Gasteiger partial charge in [-0.25, -0.2) is 34.3 Å². The van der Waals surface area contributed by atoms with Crippen molar-refractivity contribution in [1.82, 2.24) is 39.0 Å². The van der Waals surface area contributed by atoms with E-state index in [9.17, 15) is 13.5 Å². The summed E-state index contributed by atoms with van der Waals surface area (Å²) in [6.07, 6.45) is 1.74. The lowest BCUT2D eigenvalue weighted by atomic mass is 10.0. The van der Waals surface area contributed by atoms with Crippen molar-refractivity contribution in [2.75, 3.05) is 30.8 Å². The van der Waals surface area contributed by atoms with Gasteiger partial charge in [0.25, 0.3) is 0 Å². The molecule has 0 aliphatic carbocycles. The van der Waals surface area contributed by atoms with E-state index in [0.29, 0.717) is 28.7 Å². The van der Waals surface area contributed by atoms with E-state index in [1.54, 1.807) is 9.13 Å². The number of anilines is 2. The summed E-state index contributed by atoms with van der Waals surface area (Å²) < 4.78 is 64.7. The molecular formula is C21H27FN10O7P2. The Morgan fingerprint density at radius 3 is 2.05 bits per heavy atom. The summed E-state index contributed by atoms with van der Waals surface area (Å²) in [7, 11) is -5.91. The molecule has 6 heterocycles. The van der Waals surface area contributed by atoms with Crippen LogP contribution in [0.2, 0.25) is 0 Å². The Morgan fingerprint density at radius 1 is 0.878 bits per heavy atom. The number of nitrogens with two attached hydrogens (primary N) is 2. The number of rotatable bonds is 10. The number of nitrogens with zero attached hydrogens (tertiary/aromatic N) is 8. The molecule has 8 atom stereocenters. The number of hydrogen-bond acceptors (Lipinski definition) is 14. The zero-order valence-corrected chi connectivity index (χ0v) is 23.3. The highest BCUT2D eigenvalue weighted by Gasteiger charge is 2.40. The average molecular weight is 612 g/mol. The van der Waals surface area contributed by atoms with Crippen molar-refractivity contribution >= 4 is 50.2 Å². The Hall–Kier alpha value is -3.11. The van der Waals surface area contributed by atoms with Crippen molar-refractivity contribution in [3.05, 3.63) is 25.3 Å². The molecule has 2 fully saturated rings. The monoisotopic (exact) mass is 612 g/mol. The van der Waals surface area contributed by atoms with Crippen molar-refractivity contribution < 1.29 is 36.9 Å². The van der Waals surface area contributed by atoms with Gasteiger partial charge in [0.15, 0.2) is 31.0 Å². The fourth-order valence-corrected chi connectivity index (χ4v) is 6.75. The van der Waals surface area contributed by atoms with E-state index in [1.807, 2.05) is 0 Å². The summed E-state index contributed by atoms with van der Waals surface area (Å²) in [5.74, 6) is 0.0425. The SMILES string of the molecule is Nc1ncnc2c1ncn2[C@H]1C[C@@H](F)C(CO[PH](=O)C[C@H]2C[C@H](n3cnc4c(N)ncnc43)O[C@@H]2CO[PH](=O)O)O1. The van der Waals surface area contributed by atoms with Crippen molar-refractivity contribution in [2.24, 2.45) is 5.92 Å². The first kappa shape index (κ1) is 28.0. The van der Waals surface area contributed by atoms with E-state index in [4.69, 9.17) is 34.9 Å². The molecule has 220 valence electrons. The maximum Gasteiger partial charge on any atom is 0.316 e. The average Bonchev–Trinajstić information content (AvgIpc) is 3.72. The van der Waals surface area contributed by atoms with E-state index >= 15 is 0 Å². The van der Waals surface area contributed by atoms with Gasteiger partial charge in [0, 0.05) is 18.5 Å². The Kier molecular flexibility index (Phi) is 7.96. The lowest BCUT2D eigenvalue weighted by Crippen LogP contribution is -2.25. The lowest BCUT2D eigenvalue weighted by Gasteiger charge is -2.19. The van der Waals surface area contributed by atoms with Crippen molar-refractivity contribution in [1.29, 1.82) is 0 Å². The van der Waals surface area contributed by atoms with Gasteiger partial charge in [-0.05, 0) is 6.42 Å². The molecule has 0 aromatic carbocycles. The van der Waals surface area contributed by atoms with Gasteiger partial charge in [0.1, 0.15) is 48.4 Å². The third-order valence-corrected chi connectivity index (χ3v) is 8.89. The fourth-order valence-electron chi connectivity index (χ4n) is 5.12. The highest BCUT2D eigenvalue weighted by Crippen LogP contribution is 2.42. The molecule has 20 heteroatoms. The minimum Gasteiger partial charge on any atom is -0.382 e. The van der Waals surface area contributed by atoms with Crippen molar-refractivity contribution in [3.8, 4) is 0 Å². The number of ether oxygens (including phenoxy) is 2. The first-order chi connectivity index (χ1) is 19.8. The minimum atomic E-state index is -3.22. The number of halogens is 1. The van der Waals surface area contributed by atoms with Gasteiger partial charge >= 0.3 is 8.25 Å². The second-order valence-corrected chi connectivity index (χ2v) is 11.9. The molecule has 5 N–H and O–H groups in total. The molecule has 2 aliphatic heterocycles. The molecule has 4 aromatic rings. The number of aromatic nitrogens is 8. The van der Waals surface area contributed by atoms with Crippen LogP contribution in [0.25, 0.3) is 22.3 Å². The number of fused-ring (bicyclic) bond motifs is 2. The largest absolute Gasteiger partial charge is 0.382 e.